The van der Waals surface area contributed by atoms with Crippen LogP contribution in [0.15, 0.2) is 18.7 Å². The molecule has 0 spiro atoms. The van der Waals surface area contributed by atoms with Crippen molar-refractivity contribution in [3.63, 3.8) is 0 Å². The van der Waals surface area contributed by atoms with Crippen molar-refractivity contribution < 1.29 is 4.79 Å². The molecule has 1 aliphatic rings. The molecular formula is C12H19N3O. The van der Waals surface area contributed by atoms with Crippen LogP contribution in [0.2, 0.25) is 0 Å². The number of amides is 1. The largest absolute Gasteiger partial charge is 0.329 e. The highest BCUT2D eigenvalue weighted by Gasteiger charge is 2.32. The zero-order valence-electron chi connectivity index (χ0n) is 9.97. The summed E-state index contributed by atoms with van der Waals surface area (Å²) >= 11 is 0. The van der Waals surface area contributed by atoms with E-state index in [0.717, 1.165) is 25.8 Å². The van der Waals surface area contributed by atoms with Crippen LogP contribution in [-0.2, 0) is 0 Å². The Labute approximate surface area is 96.3 Å². The number of hydrogen-bond acceptors (Lipinski definition) is 2. The van der Waals surface area contributed by atoms with E-state index in [1.807, 2.05) is 4.90 Å². The Balaban J connectivity index is 1.99. The third-order valence-corrected chi connectivity index (χ3v) is 2.91. The van der Waals surface area contributed by atoms with Crippen LogP contribution < -0.4 is 0 Å². The predicted molar refractivity (Wildman–Crippen MR) is 62.2 cm³/mol. The summed E-state index contributed by atoms with van der Waals surface area (Å²) in [5, 5.41) is 0. The number of imidazole rings is 1. The van der Waals surface area contributed by atoms with Gasteiger partial charge in [0.15, 0.2) is 0 Å². The molecule has 0 bridgehead atoms. The van der Waals surface area contributed by atoms with Crippen LogP contribution in [0.1, 0.15) is 33.1 Å². The molecule has 0 atom stereocenters. The second-order valence-corrected chi connectivity index (χ2v) is 4.86. The predicted octanol–water partition coefficient (Wildman–Crippen LogP) is 2.36. The van der Waals surface area contributed by atoms with Crippen molar-refractivity contribution >= 4 is 6.03 Å². The molecule has 0 radical (unpaired) electrons. The molecular weight excluding hydrogens is 202 g/mol. The van der Waals surface area contributed by atoms with Gasteiger partial charge in [0.25, 0.3) is 0 Å². The van der Waals surface area contributed by atoms with Crippen molar-refractivity contribution in [1.29, 1.82) is 0 Å². The van der Waals surface area contributed by atoms with E-state index in [2.05, 4.69) is 18.8 Å². The smallest absolute Gasteiger partial charge is 0.321 e. The van der Waals surface area contributed by atoms with Gasteiger partial charge in [0.2, 0.25) is 0 Å². The number of rotatable bonds is 4. The molecule has 1 heterocycles. The minimum atomic E-state index is 0.0700. The van der Waals surface area contributed by atoms with Gasteiger partial charge in [-0.2, -0.15) is 0 Å². The van der Waals surface area contributed by atoms with E-state index in [1.54, 1.807) is 23.3 Å². The molecule has 2 rings (SSSR count). The zero-order valence-corrected chi connectivity index (χ0v) is 9.97. The highest BCUT2D eigenvalue weighted by Crippen LogP contribution is 2.28. The maximum absolute atomic E-state index is 12.1. The molecule has 4 heteroatoms. The van der Waals surface area contributed by atoms with E-state index >= 15 is 0 Å². The van der Waals surface area contributed by atoms with Gasteiger partial charge in [-0.1, -0.05) is 13.8 Å². The van der Waals surface area contributed by atoms with Gasteiger partial charge in [0.1, 0.15) is 6.33 Å². The Morgan fingerprint density at radius 2 is 2.31 bits per heavy atom. The Hall–Kier alpha value is -1.32. The lowest BCUT2D eigenvalue weighted by molar-refractivity contribution is 0.193. The summed E-state index contributed by atoms with van der Waals surface area (Å²) in [6.07, 6.45) is 8.31. The number of nitrogens with zero attached hydrogens (tertiary/aromatic N) is 3. The minimum absolute atomic E-state index is 0.0700. The quantitative estimate of drug-likeness (QED) is 0.782. The SMILES string of the molecule is CC(C)CCN(C(=O)n1ccnc1)C1CC1. The van der Waals surface area contributed by atoms with Gasteiger partial charge in [0, 0.05) is 25.0 Å². The van der Waals surface area contributed by atoms with Crippen molar-refractivity contribution in [3.8, 4) is 0 Å². The summed E-state index contributed by atoms with van der Waals surface area (Å²) in [4.78, 5) is 18.1. The van der Waals surface area contributed by atoms with Crippen LogP contribution in [0.4, 0.5) is 4.79 Å². The van der Waals surface area contributed by atoms with Gasteiger partial charge < -0.3 is 4.90 Å². The molecule has 1 aliphatic carbocycles. The monoisotopic (exact) mass is 221 g/mol. The molecule has 0 unspecified atom stereocenters. The van der Waals surface area contributed by atoms with Crippen LogP contribution >= 0.6 is 0 Å². The average Bonchev–Trinajstić information content (AvgIpc) is 2.93. The molecule has 0 aliphatic heterocycles. The fraction of sp³-hybridized carbons (Fsp3) is 0.667. The Morgan fingerprint density at radius 1 is 1.56 bits per heavy atom. The highest BCUT2D eigenvalue weighted by atomic mass is 16.2. The van der Waals surface area contributed by atoms with Crippen LogP contribution in [0.5, 0.6) is 0 Å². The summed E-state index contributed by atoms with van der Waals surface area (Å²) in [5.74, 6) is 0.636. The minimum Gasteiger partial charge on any atom is -0.321 e. The normalized spacial score (nSPS) is 15.4. The molecule has 0 saturated heterocycles. The highest BCUT2D eigenvalue weighted by molar-refractivity contribution is 5.77. The van der Waals surface area contributed by atoms with Crippen LogP contribution in [0.25, 0.3) is 0 Å². The van der Waals surface area contributed by atoms with Crippen molar-refractivity contribution in [2.75, 3.05) is 6.54 Å². The fourth-order valence-corrected chi connectivity index (χ4v) is 1.74. The third kappa shape index (κ3) is 2.62. The third-order valence-electron chi connectivity index (χ3n) is 2.91. The molecule has 4 nitrogen and oxygen atoms in total. The molecule has 1 aromatic rings. The van der Waals surface area contributed by atoms with Crippen molar-refractivity contribution in [2.45, 2.75) is 39.2 Å². The van der Waals surface area contributed by atoms with Gasteiger partial charge in [-0.25, -0.2) is 9.78 Å². The van der Waals surface area contributed by atoms with Gasteiger partial charge in [-0.15, -0.1) is 0 Å². The fourth-order valence-electron chi connectivity index (χ4n) is 1.74. The first kappa shape index (κ1) is 11.2. The van der Waals surface area contributed by atoms with E-state index in [-0.39, 0.29) is 6.03 Å². The van der Waals surface area contributed by atoms with Crippen LogP contribution in [-0.4, -0.2) is 33.1 Å². The lowest BCUT2D eigenvalue weighted by Crippen LogP contribution is -2.37. The summed E-state index contributed by atoms with van der Waals surface area (Å²) in [6.45, 7) is 5.24. The Bertz CT molecular complexity index is 341. The lowest BCUT2D eigenvalue weighted by atomic mass is 10.1. The van der Waals surface area contributed by atoms with E-state index in [1.165, 1.54) is 0 Å². The molecule has 0 aromatic carbocycles. The standard InChI is InChI=1S/C12H19N3O/c1-10(2)5-7-15(11-3-4-11)12(16)14-8-6-13-9-14/h6,8-11H,3-5,7H2,1-2H3. The summed E-state index contributed by atoms with van der Waals surface area (Å²) in [6, 6.07) is 0.536. The molecule has 1 fully saturated rings. The Kier molecular flexibility index (Phi) is 3.27. The van der Waals surface area contributed by atoms with E-state index in [0.29, 0.717) is 12.0 Å². The maximum atomic E-state index is 12.1. The van der Waals surface area contributed by atoms with Gasteiger partial charge >= 0.3 is 6.03 Å². The zero-order chi connectivity index (χ0) is 11.5. The van der Waals surface area contributed by atoms with Gasteiger partial charge in [-0.05, 0) is 25.2 Å². The number of carbonyl (C=O) groups excluding carboxylic acids is 1. The molecule has 16 heavy (non-hydrogen) atoms. The summed E-state index contributed by atoms with van der Waals surface area (Å²) < 4.78 is 1.57. The second-order valence-electron chi connectivity index (χ2n) is 4.86. The number of aromatic nitrogens is 2. The number of carbonyl (C=O) groups is 1. The first-order chi connectivity index (χ1) is 7.68. The molecule has 88 valence electrons. The summed E-state index contributed by atoms with van der Waals surface area (Å²) in [5.41, 5.74) is 0. The average molecular weight is 221 g/mol. The van der Waals surface area contributed by atoms with Crippen LogP contribution in [0, 0.1) is 5.92 Å². The lowest BCUT2D eigenvalue weighted by Gasteiger charge is -2.23. The van der Waals surface area contributed by atoms with E-state index in [9.17, 15) is 4.79 Å². The topological polar surface area (TPSA) is 38.1 Å². The maximum Gasteiger partial charge on any atom is 0.329 e. The first-order valence-corrected chi connectivity index (χ1v) is 5.97. The van der Waals surface area contributed by atoms with Crippen molar-refractivity contribution in [1.82, 2.24) is 14.5 Å². The Morgan fingerprint density at radius 3 is 2.81 bits per heavy atom. The molecule has 1 saturated carbocycles. The molecule has 1 amide bonds. The van der Waals surface area contributed by atoms with E-state index in [4.69, 9.17) is 0 Å². The van der Waals surface area contributed by atoms with E-state index < -0.39 is 0 Å². The van der Waals surface area contributed by atoms with Crippen molar-refractivity contribution in [2.24, 2.45) is 5.92 Å². The van der Waals surface area contributed by atoms with Crippen LogP contribution in [0.3, 0.4) is 0 Å². The number of hydrogen-bond donors (Lipinski definition) is 0. The second kappa shape index (κ2) is 4.68. The van der Waals surface area contributed by atoms with Gasteiger partial charge in [-0.3, -0.25) is 4.57 Å². The molecule has 1 aromatic heterocycles. The molecule has 0 N–H and O–H groups in total. The first-order valence-electron chi connectivity index (χ1n) is 5.97. The van der Waals surface area contributed by atoms with Crippen molar-refractivity contribution in [3.05, 3.63) is 18.7 Å². The van der Waals surface area contributed by atoms with Gasteiger partial charge in [0.05, 0.1) is 0 Å². The summed E-state index contributed by atoms with van der Waals surface area (Å²) in [7, 11) is 0.